The monoisotopic (exact) mass is 238 g/mol. The summed E-state index contributed by atoms with van der Waals surface area (Å²) in [5.74, 6) is -0.978. The summed E-state index contributed by atoms with van der Waals surface area (Å²) in [6, 6.07) is 1.48. The first-order valence-electron chi connectivity index (χ1n) is 5.52. The minimum Gasteiger partial charge on any atom is -0.481 e. The molecule has 0 aliphatic carbocycles. The molecule has 1 fully saturated rings. The number of rotatable bonds is 3. The summed E-state index contributed by atoms with van der Waals surface area (Å²) in [7, 11) is 0. The van der Waals surface area contributed by atoms with E-state index in [2.05, 4.69) is 5.16 Å². The van der Waals surface area contributed by atoms with Crippen LogP contribution in [0.3, 0.4) is 0 Å². The van der Waals surface area contributed by atoms with Crippen LogP contribution in [0.15, 0.2) is 16.8 Å². The summed E-state index contributed by atoms with van der Waals surface area (Å²) in [6.07, 6.45) is 2.40. The van der Waals surface area contributed by atoms with E-state index < -0.39 is 11.4 Å². The summed E-state index contributed by atoms with van der Waals surface area (Å²) in [5, 5.41) is 12.7. The molecule has 0 spiro atoms. The van der Waals surface area contributed by atoms with E-state index in [1.54, 1.807) is 0 Å². The first-order valence-corrected chi connectivity index (χ1v) is 5.52. The molecule has 0 bridgehead atoms. The Balaban J connectivity index is 2.12. The lowest BCUT2D eigenvalue weighted by Crippen LogP contribution is -2.36. The fourth-order valence-electron chi connectivity index (χ4n) is 2.14. The van der Waals surface area contributed by atoms with Crippen molar-refractivity contribution >= 4 is 11.9 Å². The predicted octanol–water partition coefficient (Wildman–Crippen LogP) is 1.00. The van der Waals surface area contributed by atoms with Crippen molar-refractivity contribution in [3.63, 3.8) is 0 Å². The second-order valence-corrected chi connectivity index (χ2v) is 4.29. The number of carbonyl (C=O) groups excluding carboxylic acids is 1. The molecule has 6 heteroatoms. The van der Waals surface area contributed by atoms with E-state index in [4.69, 9.17) is 4.52 Å². The molecule has 0 aromatic carbocycles. The molecular formula is C11H14N2O4. The first-order chi connectivity index (χ1) is 8.09. The van der Waals surface area contributed by atoms with Gasteiger partial charge in [0.1, 0.15) is 0 Å². The molecule has 2 heterocycles. The number of amides is 1. The molecule has 1 aromatic rings. The highest BCUT2D eigenvalue weighted by Crippen LogP contribution is 2.34. The quantitative estimate of drug-likeness (QED) is 0.849. The third-order valence-corrected chi connectivity index (χ3v) is 3.42. The van der Waals surface area contributed by atoms with Crippen LogP contribution in [-0.2, 0) is 4.79 Å². The molecule has 1 N–H and O–H groups in total. The van der Waals surface area contributed by atoms with Gasteiger partial charge < -0.3 is 14.5 Å². The molecule has 1 aromatic heterocycles. The second kappa shape index (κ2) is 4.20. The van der Waals surface area contributed by atoms with Gasteiger partial charge in [-0.05, 0) is 12.8 Å². The van der Waals surface area contributed by atoms with Crippen molar-refractivity contribution in [1.29, 1.82) is 0 Å². The van der Waals surface area contributed by atoms with Crippen LogP contribution in [0, 0.1) is 5.41 Å². The molecule has 17 heavy (non-hydrogen) atoms. The number of aromatic nitrogens is 1. The van der Waals surface area contributed by atoms with Gasteiger partial charge in [0, 0.05) is 19.2 Å². The molecule has 1 saturated heterocycles. The molecule has 6 nitrogen and oxygen atoms in total. The van der Waals surface area contributed by atoms with Gasteiger partial charge >= 0.3 is 5.97 Å². The van der Waals surface area contributed by atoms with E-state index in [1.807, 2.05) is 6.92 Å². The second-order valence-electron chi connectivity index (χ2n) is 4.29. The third kappa shape index (κ3) is 1.90. The van der Waals surface area contributed by atoms with E-state index in [-0.39, 0.29) is 18.2 Å². The average Bonchev–Trinajstić information content (AvgIpc) is 2.98. The predicted molar refractivity (Wildman–Crippen MR) is 57.4 cm³/mol. The fourth-order valence-corrected chi connectivity index (χ4v) is 2.14. The zero-order valence-electron chi connectivity index (χ0n) is 9.55. The van der Waals surface area contributed by atoms with Crippen molar-refractivity contribution in [1.82, 2.24) is 10.1 Å². The van der Waals surface area contributed by atoms with Gasteiger partial charge in [0.25, 0.3) is 5.91 Å². The third-order valence-electron chi connectivity index (χ3n) is 3.42. The highest BCUT2D eigenvalue weighted by atomic mass is 16.5. The Morgan fingerprint density at radius 2 is 2.41 bits per heavy atom. The first kappa shape index (κ1) is 11.6. The molecule has 0 saturated carbocycles. The van der Waals surface area contributed by atoms with Crippen molar-refractivity contribution in [2.75, 3.05) is 13.1 Å². The molecular weight excluding hydrogens is 224 g/mol. The van der Waals surface area contributed by atoms with E-state index in [0.29, 0.717) is 19.4 Å². The summed E-state index contributed by atoms with van der Waals surface area (Å²) >= 11 is 0. The Morgan fingerprint density at radius 1 is 1.65 bits per heavy atom. The molecule has 2 rings (SSSR count). The lowest BCUT2D eigenvalue weighted by molar-refractivity contribution is -0.148. The Kier molecular flexibility index (Phi) is 2.87. The minimum atomic E-state index is -0.840. The van der Waals surface area contributed by atoms with Crippen molar-refractivity contribution in [2.24, 2.45) is 5.41 Å². The van der Waals surface area contributed by atoms with Crippen LogP contribution in [0.25, 0.3) is 0 Å². The van der Waals surface area contributed by atoms with Crippen molar-refractivity contribution in [3.8, 4) is 0 Å². The van der Waals surface area contributed by atoms with Gasteiger partial charge in [-0.3, -0.25) is 9.59 Å². The summed E-state index contributed by atoms with van der Waals surface area (Å²) < 4.78 is 4.78. The molecule has 1 aliphatic rings. The normalized spacial score (nSPS) is 23.9. The zero-order valence-corrected chi connectivity index (χ0v) is 9.55. The Hall–Kier alpha value is -1.85. The molecule has 1 amide bonds. The van der Waals surface area contributed by atoms with Gasteiger partial charge in [0.15, 0.2) is 0 Å². The van der Waals surface area contributed by atoms with Crippen LogP contribution >= 0.6 is 0 Å². The van der Waals surface area contributed by atoms with Gasteiger partial charge in [0.2, 0.25) is 5.76 Å². The SMILES string of the molecule is CCC1(C(=O)O)CCN(C(=O)c2ccno2)C1. The summed E-state index contributed by atoms with van der Waals surface area (Å²) in [4.78, 5) is 24.7. The largest absolute Gasteiger partial charge is 0.481 e. The number of aliphatic carboxylic acids is 1. The number of likely N-dealkylation sites (tertiary alicyclic amines) is 1. The molecule has 92 valence electrons. The highest BCUT2D eigenvalue weighted by Gasteiger charge is 2.45. The minimum absolute atomic E-state index is 0.155. The molecule has 1 aliphatic heterocycles. The number of hydrogen-bond donors (Lipinski definition) is 1. The maximum Gasteiger partial charge on any atom is 0.311 e. The van der Waals surface area contributed by atoms with Gasteiger partial charge in [-0.1, -0.05) is 12.1 Å². The number of nitrogens with zero attached hydrogens (tertiary/aromatic N) is 2. The topological polar surface area (TPSA) is 83.6 Å². The van der Waals surface area contributed by atoms with Crippen LogP contribution in [-0.4, -0.2) is 40.1 Å². The van der Waals surface area contributed by atoms with E-state index in [9.17, 15) is 14.7 Å². The smallest absolute Gasteiger partial charge is 0.311 e. The van der Waals surface area contributed by atoms with Crippen LogP contribution in [0.4, 0.5) is 0 Å². The Labute approximate surface area is 98.2 Å². The van der Waals surface area contributed by atoms with E-state index in [1.165, 1.54) is 17.2 Å². The van der Waals surface area contributed by atoms with Crippen molar-refractivity contribution in [2.45, 2.75) is 19.8 Å². The highest BCUT2D eigenvalue weighted by molar-refractivity contribution is 5.92. The number of carboxylic acids is 1. The van der Waals surface area contributed by atoms with E-state index >= 15 is 0 Å². The van der Waals surface area contributed by atoms with Gasteiger partial charge in [-0.25, -0.2) is 0 Å². The van der Waals surface area contributed by atoms with Gasteiger partial charge in [0.05, 0.1) is 11.6 Å². The maximum atomic E-state index is 11.9. The van der Waals surface area contributed by atoms with Crippen LogP contribution < -0.4 is 0 Å². The van der Waals surface area contributed by atoms with Crippen LogP contribution in [0.1, 0.15) is 30.3 Å². The maximum absolute atomic E-state index is 11.9. The van der Waals surface area contributed by atoms with E-state index in [0.717, 1.165) is 0 Å². The zero-order chi connectivity index (χ0) is 12.5. The van der Waals surface area contributed by atoms with Crippen LogP contribution in [0.5, 0.6) is 0 Å². The number of hydrogen-bond acceptors (Lipinski definition) is 4. The Morgan fingerprint density at radius 3 is 2.88 bits per heavy atom. The lowest BCUT2D eigenvalue weighted by Gasteiger charge is -2.22. The molecule has 1 atom stereocenters. The molecule has 0 radical (unpaired) electrons. The standard InChI is InChI=1S/C11H14N2O4/c1-2-11(10(15)16)4-6-13(7-11)9(14)8-3-5-12-17-8/h3,5H,2,4,6-7H2,1H3,(H,15,16). The lowest BCUT2D eigenvalue weighted by atomic mass is 9.84. The van der Waals surface area contributed by atoms with Gasteiger partial charge in [-0.2, -0.15) is 0 Å². The van der Waals surface area contributed by atoms with Gasteiger partial charge in [-0.15, -0.1) is 0 Å². The molecule has 1 unspecified atom stereocenters. The summed E-state index contributed by atoms with van der Waals surface area (Å²) in [5.41, 5.74) is -0.810. The number of carbonyl (C=O) groups is 2. The fraction of sp³-hybridized carbons (Fsp3) is 0.545. The average molecular weight is 238 g/mol. The van der Waals surface area contributed by atoms with Crippen molar-refractivity contribution < 1.29 is 19.2 Å². The number of carboxylic acid groups (broad SMARTS) is 1. The summed E-state index contributed by atoms with van der Waals surface area (Å²) in [6.45, 7) is 2.51. The van der Waals surface area contributed by atoms with Crippen molar-refractivity contribution in [3.05, 3.63) is 18.0 Å². The Bertz CT molecular complexity index is 429. The van der Waals surface area contributed by atoms with Crippen LogP contribution in [0.2, 0.25) is 0 Å².